The molecule has 0 bridgehead atoms. The van der Waals surface area contributed by atoms with Gasteiger partial charge in [-0.15, -0.1) is 0 Å². The topological polar surface area (TPSA) is 80.2 Å². The zero-order chi connectivity index (χ0) is 29.1. The van der Waals surface area contributed by atoms with Crippen LogP contribution in [0.15, 0.2) is 83.6 Å². The summed E-state index contributed by atoms with van der Waals surface area (Å²) < 4.78 is 67.7. The van der Waals surface area contributed by atoms with Crippen LogP contribution >= 0.6 is 11.8 Å². The van der Waals surface area contributed by atoms with E-state index in [4.69, 9.17) is 9.47 Å². The first kappa shape index (κ1) is 28.0. The molecule has 210 valence electrons. The van der Waals surface area contributed by atoms with Crippen molar-refractivity contribution in [3.63, 3.8) is 0 Å². The summed E-state index contributed by atoms with van der Waals surface area (Å²) in [6.07, 6.45) is 6.08. The molecule has 2 amide bonds. The number of ether oxygens (including phenoxy) is 2. The number of methoxy groups -OCH3 is 1. The summed E-state index contributed by atoms with van der Waals surface area (Å²) in [5.41, 5.74) is 0.493. The minimum Gasteiger partial charge on any atom is -0.492 e. The molecule has 1 heterocycles. The molecule has 3 aromatic carbocycles. The number of benzene rings is 3. The van der Waals surface area contributed by atoms with Gasteiger partial charge in [-0.1, -0.05) is 36.0 Å². The summed E-state index contributed by atoms with van der Waals surface area (Å²) in [7, 11) is 1.35. The quantitative estimate of drug-likeness (QED) is 0.337. The zero-order valence-electron chi connectivity index (χ0n) is 21.4. The lowest BCUT2D eigenvalue weighted by Gasteiger charge is -2.24. The van der Waals surface area contributed by atoms with Crippen LogP contribution in [0.5, 0.6) is 11.5 Å². The molecule has 0 aromatic heterocycles. The van der Waals surface area contributed by atoms with Gasteiger partial charge in [0.05, 0.1) is 7.11 Å². The number of hydrogen-bond acceptors (Lipinski definition) is 6. The fourth-order valence-corrected chi connectivity index (χ4v) is 5.39. The SMILES string of the molecule is COc1c(OCC(=O)NC2=CC=CC2)cccc1C1SC(c2ccc(F)cc2)=NN1C(=O)c1c(F)cc(F)cc1F. The van der Waals surface area contributed by atoms with Gasteiger partial charge in [-0.05, 0) is 36.4 Å². The van der Waals surface area contributed by atoms with Gasteiger partial charge in [0.25, 0.3) is 11.8 Å². The molecular weight excluding hydrogens is 562 g/mol. The van der Waals surface area contributed by atoms with Crippen molar-refractivity contribution in [2.75, 3.05) is 13.7 Å². The summed E-state index contributed by atoms with van der Waals surface area (Å²) in [5.74, 6) is -5.74. The lowest BCUT2D eigenvalue weighted by molar-refractivity contribution is -0.122. The number of carbonyl (C=O) groups is 2. The largest absolute Gasteiger partial charge is 0.492 e. The van der Waals surface area contributed by atoms with Crippen LogP contribution in [0.3, 0.4) is 0 Å². The molecule has 1 N–H and O–H groups in total. The van der Waals surface area contributed by atoms with Crippen LogP contribution < -0.4 is 14.8 Å². The molecule has 7 nitrogen and oxygen atoms in total. The van der Waals surface area contributed by atoms with Gasteiger partial charge in [0.15, 0.2) is 18.1 Å². The average Bonchev–Trinajstić information content (AvgIpc) is 3.62. The van der Waals surface area contributed by atoms with Gasteiger partial charge in [0.2, 0.25) is 0 Å². The molecule has 1 aliphatic carbocycles. The van der Waals surface area contributed by atoms with E-state index in [0.29, 0.717) is 29.7 Å². The number of halogens is 4. The van der Waals surface area contributed by atoms with Crippen LogP contribution in [-0.4, -0.2) is 35.6 Å². The van der Waals surface area contributed by atoms with Gasteiger partial charge in [-0.2, -0.15) is 5.10 Å². The maximum atomic E-state index is 14.6. The molecule has 0 radical (unpaired) electrons. The van der Waals surface area contributed by atoms with Crippen molar-refractivity contribution >= 4 is 28.6 Å². The molecule has 3 aromatic rings. The number of amides is 2. The minimum atomic E-state index is -1.40. The number of para-hydroxylation sites is 1. The van der Waals surface area contributed by atoms with Crippen molar-refractivity contribution in [2.45, 2.75) is 11.8 Å². The standard InChI is InChI=1S/C29H21F4N3O4S/c1-39-26-20(7-4-8-23(26)40-15-24(37)34-19-5-2-3-6-19)29-36(28(38)25-21(32)13-18(31)14-22(25)33)35-27(41-29)16-9-11-17(30)12-10-16/h2-5,7-14,29H,6,15H2,1H3,(H,34,37). The Morgan fingerprint density at radius 3 is 2.44 bits per heavy atom. The first-order chi connectivity index (χ1) is 19.7. The summed E-state index contributed by atoms with van der Waals surface area (Å²) >= 11 is 1.04. The van der Waals surface area contributed by atoms with E-state index < -0.39 is 46.0 Å². The molecule has 1 unspecified atom stereocenters. The highest BCUT2D eigenvalue weighted by Crippen LogP contribution is 2.47. The van der Waals surface area contributed by atoms with Crippen molar-refractivity contribution < 1.29 is 36.6 Å². The van der Waals surface area contributed by atoms with Gasteiger partial charge in [-0.25, -0.2) is 22.6 Å². The molecule has 12 heteroatoms. The Morgan fingerprint density at radius 2 is 1.78 bits per heavy atom. The highest BCUT2D eigenvalue weighted by atomic mass is 32.2. The fourth-order valence-electron chi connectivity index (χ4n) is 4.21. The number of rotatable bonds is 8. The maximum Gasteiger partial charge on any atom is 0.281 e. The lowest BCUT2D eigenvalue weighted by Crippen LogP contribution is -2.29. The molecule has 0 fully saturated rings. The zero-order valence-corrected chi connectivity index (χ0v) is 22.2. The van der Waals surface area contributed by atoms with E-state index in [9.17, 15) is 27.2 Å². The van der Waals surface area contributed by atoms with E-state index in [-0.39, 0.29) is 23.1 Å². The van der Waals surface area contributed by atoms with Gasteiger partial charge < -0.3 is 14.8 Å². The summed E-state index contributed by atoms with van der Waals surface area (Å²) in [5, 5.41) is 7.10. The summed E-state index contributed by atoms with van der Waals surface area (Å²) in [4.78, 5) is 25.9. The molecule has 5 rings (SSSR count). The van der Waals surface area contributed by atoms with Gasteiger partial charge in [-0.3, -0.25) is 9.59 Å². The Balaban J connectivity index is 1.49. The Labute approximate surface area is 236 Å². The third-order valence-corrected chi connectivity index (χ3v) is 7.29. The molecule has 0 spiro atoms. The van der Waals surface area contributed by atoms with E-state index in [2.05, 4.69) is 10.4 Å². The Morgan fingerprint density at radius 1 is 1.05 bits per heavy atom. The highest BCUT2D eigenvalue weighted by molar-refractivity contribution is 8.14. The molecule has 2 aliphatic rings. The Hall–Kier alpha value is -4.58. The van der Waals surface area contributed by atoms with Crippen LogP contribution in [0.2, 0.25) is 0 Å². The number of allylic oxidation sites excluding steroid dienone is 3. The molecule has 0 saturated carbocycles. The van der Waals surface area contributed by atoms with Crippen molar-refractivity contribution in [3.05, 3.63) is 118 Å². The minimum absolute atomic E-state index is 0.146. The molecule has 1 atom stereocenters. The molecule has 0 saturated heterocycles. The van der Waals surface area contributed by atoms with Crippen molar-refractivity contribution in [3.8, 4) is 11.5 Å². The van der Waals surface area contributed by atoms with E-state index in [1.165, 1.54) is 31.4 Å². The number of nitrogens with one attached hydrogen (secondary N) is 1. The van der Waals surface area contributed by atoms with Crippen LogP contribution in [0, 0.1) is 23.3 Å². The van der Waals surface area contributed by atoms with Gasteiger partial charge >= 0.3 is 0 Å². The summed E-state index contributed by atoms with van der Waals surface area (Å²) in [6.45, 7) is -0.346. The predicted octanol–water partition coefficient (Wildman–Crippen LogP) is 5.84. The third kappa shape index (κ3) is 5.97. The van der Waals surface area contributed by atoms with E-state index in [1.54, 1.807) is 24.3 Å². The summed E-state index contributed by atoms with van der Waals surface area (Å²) in [6, 6.07) is 10.8. The van der Waals surface area contributed by atoms with E-state index >= 15 is 0 Å². The second-order valence-electron chi connectivity index (χ2n) is 8.82. The lowest BCUT2D eigenvalue weighted by atomic mass is 10.1. The average molecular weight is 584 g/mol. The van der Waals surface area contributed by atoms with Crippen LogP contribution in [0.4, 0.5) is 17.6 Å². The number of nitrogens with zero attached hydrogens (tertiary/aromatic N) is 2. The normalized spacial score (nSPS) is 15.9. The number of hydrogen-bond donors (Lipinski definition) is 1. The smallest absolute Gasteiger partial charge is 0.281 e. The molecular formula is C29H21F4N3O4S. The van der Waals surface area contributed by atoms with Crippen LogP contribution in [0.25, 0.3) is 0 Å². The fraction of sp³-hybridized carbons (Fsp3) is 0.138. The molecule has 1 aliphatic heterocycles. The predicted molar refractivity (Wildman–Crippen MR) is 144 cm³/mol. The van der Waals surface area contributed by atoms with Crippen molar-refractivity contribution in [1.82, 2.24) is 10.3 Å². The Kier molecular flexibility index (Phi) is 8.11. The monoisotopic (exact) mass is 583 g/mol. The van der Waals surface area contributed by atoms with E-state index in [0.717, 1.165) is 22.5 Å². The highest BCUT2D eigenvalue weighted by Gasteiger charge is 2.39. The number of thioether (sulfide) groups is 1. The van der Waals surface area contributed by atoms with Crippen molar-refractivity contribution in [1.29, 1.82) is 0 Å². The number of hydrazone groups is 1. The first-order valence-corrected chi connectivity index (χ1v) is 13.1. The maximum absolute atomic E-state index is 14.6. The number of carbonyl (C=O) groups excluding carboxylic acids is 2. The third-order valence-electron chi connectivity index (χ3n) is 6.07. The van der Waals surface area contributed by atoms with Crippen LogP contribution in [-0.2, 0) is 4.79 Å². The van der Waals surface area contributed by atoms with Crippen LogP contribution in [0.1, 0.15) is 33.3 Å². The van der Waals surface area contributed by atoms with Gasteiger partial charge in [0.1, 0.15) is 39.2 Å². The molecule has 41 heavy (non-hydrogen) atoms. The Bertz CT molecular complexity index is 1590. The van der Waals surface area contributed by atoms with E-state index in [1.807, 2.05) is 12.2 Å². The van der Waals surface area contributed by atoms with Crippen molar-refractivity contribution in [2.24, 2.45) is 5.10 Å². The van der Waals surface area contributed by atoms with Gasteiger partial charge in [0, 0.05) is 35.4 Å². The second-order valence-corrected chi connectivity index (χ2v) is 9.88. The second kappa shape index (κ2) is 11.9. The first-order valence-electron chi connectivity index (χ1n) is 12.2.